The molecule has 1 unspecified atom stereocenters. The second-order valence-corrected chi connectivity index (χ2v) is 8.65. The molecule has 0 radical (unpaired) electrons. The summed E-state index contributed by atoms with van der Waals surface area (Å²) >= 11 is 1.56. The Hall–Kier alpha value is -3.39. The van der Waals surface area contributed by atoms with Gasteiger partial charge in [-0.2, -0.15) is 9.78 Å². The Kier molecular flexibility index (Phi) is 4.66. The summed E-state index contributed by atoms with van der Waals surface area (Å²) in [6, 6.07) is 11.9. The van der Waals surface area contributed by atoms with Crippen LogP contribution in [-0.4, -0.2) is 34.9 Å². The van der Waals surface area contributed by atoms with Crippen LogP contribution in [0.2, 0.25) is 0 Å². The van der Waals surface area contributed by atoms with E-state index in [1.54, 1.807) is 30.2 Å². The van der Waals surface area contributed by atoms with E-state index in [0.29, 0.717) is 23.7 Å². The van der Waals surface area contributed by atoms with E-state index in [1.807, 2.05) is 37.3 Å². The summed E-state index contributed by atoms with van der Waals surface area (Å²) in [7, 11) is 3.25. The van der Waals surface area contributed by atoms with Crippen LogP contribution in [0.25, 0.3) is 15.3 Å². The first-order valence-electron chi connectivity index (χ1n) is 9.97. The largest absolute Gasteiger partial charge is 0.497 e. The van der Waals surface area contributed by atoms with Crippen LogP contribution < -0.4 is 14.8 Å². The molecule has 0 spiro atoms. The van der Waals surface area contributed by atoms with E-state index < -0.39 is 0 Å². The second kappa shape index (κ2) is 7.39. The van der Waals surface area contributed by atoms with E-state index in [-0.39, 0.29) is 11.8 Å². The summed E-state index contributed by atoms with van der Waals surface area (Å²) in [5, 5.41) is 8.52. The van der Waals surface area contributed by atoms with E-state index >= 15 is 0 Å². The van der Waals surface area contributed by atoms with Crippen molar-refractivity contribution in [2.45, 2.75) is 26.2 Å². The van der Waals surface area contributed by atoms with Gasteiger partial charge in [0.05, 0.1) is 30.1 Å². The summed E-state index contributed by atoms with van der Waals surface area (Å²) in [5.41, 5.74) is 4.87. The van der Waals surface area contributed by atoms with Gasteiger partial charge in [0.15, 0.2) is 0 Å². The Morgan fingerprint density at radius 2 is 1.97 bits per heavy atom. The van der Waals surface area contributed by atoms with Crippen LogP contribution in [0, 0.1) is 13.8 Å². The van der Waals surface area contributed by atoms with Gasteiger partial charge in [0, 0.05) is 29.5 Å². The Bertz CT molecular complexity index is 1320. The van der Waals surface area contributed by atoms with Gasteiger partial charge >= 0.3 is 0 Å². The third kappa shape index (κ3) is 3.23. The molecule has 0 bridgehead atoms. The van der Waals surface area contributed by atoms with Crippen molar-refractivity contribution < 1.29 is 14.3 Å². The number of nitrogens with one attached hydrogen (secondary N) is 1. The van der Waals surface area contributed by atoms with Gasteiger partial charge in [-0.15, -0.1) is 0 Å². The molecular weight excluding hydrogens is 412 g/mol. The summed E-state index contributed by atoms with van der Waals surface area (Å²) in [6.07, 6.45) is 0.321. The fourth-order valence-corrected chi connectivity index (χ4v) is 5.19. The molecule has 1 atom stereocenters. The summed E-state index contributed by atoms with van der Waals surface area (Å²) in [5.74, 6) is 1.83. The van der Waals surface area contributed by atoms with Crippen molar-refractivity contribution in [2.24, 2.45) is 0 Å². The van der Waals surface area contributed by atoms with Crippen LogP contribution in [0.4, 0.5) is 5.82 Å². The maximum atomic E-state index is 12.7. The summed E-state index contributed by atoms with van der Waals surface area (Å²) in [6.45, 7) is 4.03. The van der Waals surface area contributed by atoms with Crippen molar-refractivity contribution in [3.05, 3.63) is 58.8 Å². The molecule has 0 aliphatic carbocycles. The van der Waals surface area contributed by atoms with Gasteiger partial charge in [-0.1, -0.05) is 23.5 Å². The minimum atomic E-state index is -0.171. The third-order valence-electron chi connectivity index (χ3n) is 5.63. The number of fused-ring (bicyclic) bond motifs is 2. The number of hydrogen-bond donors (Lipinski definition) is 1. The molecule has 8 heteroatoms. The van der Waals surface area contributed by atoms with E-state index in [0.717, 1.165) is 32.2 Å². The monoisotopic (exact) mass is 434 g/mol. The number of methoxy groups -OCH3 is 2. The van der Waals surface area contributed by atoms with Gasteiger partial charge in [0.2, 0.25) is 11.0 Å². The predicted octanol–water partition coefficient (Wildman–Crippen LogP) is 4.59. The number of carbonyl (C=O) groups is 1. The molecule has 5 rings (SSSR count). The standard InChI is InChI=1S/C23H22N4O3S/c1-12-5-8-17-19(9-12)31-23(24-17)27-22-21(13(2)26-27)16(11-20(28)25-22)15-7-6-14(29-3)10-18(15)30-4/h5-10,16H,11H2,1-4H3,(H,25,28). The first kappa shape index (κ1) is 19.6. The molecule has 0 saturated carbocycles. The van der Waals surface area contributed by atoms with E-state index in [9.17, 15) is 4.79 Å². The lowest BCUT2D eigenvalue weighted by molar-refractivity contribution is -0.116. The third-order valence-corrected chi connectivity index (χ3v) is 6.63. The molecule has 1 aliphatic heterocycles. The van der Waals surface area contributed by atoms with Crippen molar-refractivity contribution in [2.75, 3.05) is 19.5 Å². The van der Waals surface area contributed by atoms with E-state index in [1.165, 1.54) is 5.56 Å². The zero-order chi connectivity index (χ0) is 21.7. The zero-order valence-corrected chi connectivity index (χ0v) is 18.5. The molecule has 4 aromatic rings. The average molecular weight is 435 g/mol. The van der Waals surface area contributed by atoms with Crippen molar-refractivity contribution in [1.82, 2.24) is 14.8 Å². The first-order chi connectivity index (χ1) is 15.0. The first-order valence-corrected chi connectivity index (χ1v) is 10.8. The maximum Gasteiger partial charge on any atom is 0.226 e. The Morgan fingerprint density at radius 3 is 2.74 bits per heavy atom. The number of rotatable bonds is 4. The van der Waals surface area contributed by atoms with Gasteiger partial charge in [0.25, 0.3) is 0 Å². The number of carbonyl (C=O) groups excluding carboxylic acids is 1. The minimum Gasteiger partial charge on any atom is -0.497 e. The molecule has 3 heterocycles. The summed E-state index contributed by atoms with van der Waals surface area (Å²) in [4.78, 5) is 17.5. The Morgan fingerprint density at radius 1 is 1.13 bits per heavy atom. The molecule has 2 aromatic heterocycles. The lowest BCUT2D eigenvalue weighted by atomic mass is 9.85. The van der Waals surface area contributed by atoms with Gasteiger partial charge in [-0.05, 0) is 37.6 Å². The van der Waals surface area contributed by atoms with Crippen LogP contribution >= 0.6 is 11.3 Å². The highest BCUT2D eigenvalue weighted by Crippen LogP contribution is 2.44. The number of thiazole rings is 1. The highest BCUT2D eigenvalue weighted by Gasteiger charge is 2.34. The van der Waals surface area contributed by atoms with Crippen molar-refractivity contribution in [1.29, 1.82) is 0 Å². The molecule has 31 heavy (non-hydrogen) atoms. The van der Waals surface area contributed by atoms with E-state index in [2.05, 4.69) is 18.3 Å². The van der Waals surface area contributed by atoms with E-state index in [4.69, 9.17) is 19.6 Å². The number of aryl methyl sites for hydroxylation is 2. The molecule has 1 N–H and O–H groups in total. The number of aromatic nitrogens is 3. The molecule has 158 valence electrons. The fraction of sp³-hybridized carbons (Fsp3) is 0.261. The number of amides is 1. The number of anilines is 1. The van der Waals surface area contributed by atoms with Crippen molar-refractivity contribution in [3.63, 3.8) is 0 Å². The van der Waals surface area contributed by atoms with Crippen LogP contribution in [0.1, 0.15) is 34.7 Å². The molecule has 2 aromatic carbocycles. The summed E-state index contributed by atoms with van der Waals surface area (Å²) < 4.78 is 13.8. The van der Waals surface area contributed by atoms with Gasteiger partial charge < -0.3 is 14.8 Å². The van der Waals surface area contributed by atoms with Crippen LogP contribution in [0.5, 0.6) is 11.5 Å². The molecule has 1 aliphatic rings. The molecule has 0 saturated heterocycles. The average Bonchev–Trinajstić information content (AvgIpc) is 3.33. The predicted molar refractivity (Wildman–Crippen MR) is 121 cm³/mol. The number of benzene rings is 2. The van der Waals surface area contributed by atoms with Crippen LogP contribution in [0.3, 0.4) is 0 Å². The fourth-order valence-electron chi connectivity index (χ4n) is 4.17. The molecule has 7 nitrogen and oxygen atoms in total. The number of ether oxygens (including phenoxy) is 2. The highest BCUT2D eigenvalue weighted by atomic mass is 32.1. The van der Waals surface area contributed by atoms with Crippen LogP contribution in [-0.2, 0) is 4.79 Å². The lowest BCUT2D eigenvalue weighted by Gasteiger charge is -2.25. The normalized spacial score (nSPS) is 15.6. The minimum absolute atomic E-state index is 0.0616. The molecule has 0 fully saturated rings. The highest BCUT2D eigenvalue weighted by molar-refractivity contribution is 7.20. The number of hydrogen-bond acceptors (Lipinski definition) is 6. The Labute approximate surface area is 183 Å². The quantitative estimate of drug-likeness (QED) is 0.508. The number of nitrogens with zero attached hydrogens (tertiary/aromatic N) is 3. The van der Waals surface area contributed by atoms with Crippen molar-refractivity contribution in [3.8, 4) is 16.6 Å². The van der Waals surface area contributed by atoms with Crippen molar-refractivity contribution >= 4 is 33.3 Å². The van der Waals surface area contributed by atoms with Gasteiger partial charge in [-0.3, -0.25) is 4.79 Å². The molecular formula is C23H22N4O3S. The smallest absolute Gasteiger partial charge is 0.226 e. The SMILES string of the molecule is COc1ccc(C2CC(=O)Nc3c2c(C)nn3-c2nc3ccc(C)cc3s2)c(OC)c1. The van der Waals surface area contributed by atoms with Crippen LogP contribution in [0.15, 0.2) is 36.4 Å². The maximum absolute atomic E-state index is 12.7. The molecule has 1 amide bonds. The second-order valence-electron chi connectivity index (χ2n) is 7.64. The van der Waals surface area contributed by atoms with Gasteiger partial charge in [0.1, 0.15) is 17.3 Å². The lowest BCUT2D eigenvalue weighted by Crippen LogP contribution is -2.25. The Balaban J connectivity index is 1.66. The zero-order valence-electron chi connectivity index (χ0n) is 17.7. The van der Waals surface area contributed by atoms with Gasteiger partial charge in [-0.25, -0.2) is 4.98 Å². The topological polar surface area (TPSA) is 78.3 Å².